The van der Waals surface area contributed by atoms with Gasteiger partial charge >= 0.3 is 0 Å². The fourth-order valence-corrected chi connectivity index (χ4v) is 4.21. The Bertz CT molecular complexity index is 954. The van der Waals surface area contributed by atoms with Crippen LogP contribution in [0.15, 0.2) is 36.4 Å². The van der Waals surface area contributed by atoms with Gasteiger partial charge in [-0.25, -0.2) is 0 Å². The number of hydrogen-bond donors (Lipinski definition) is 1. The van der Waals surface area contributed by atoms with Gasteiger partial charge in [-0.2, -0.15) is 0 Å². The molecule has 1 aliphatic heterocycles. The molecule has 2 aromatic carbocycles. The monoisotopic (exact) mass is 379 g/mol. The molecule has 0 bridgehead atoms. The quantitative estimate of drug-likeness (QED) is 0.706. The zero-order valence-corrected chi connectivity index (χ0v) is 14.6. The Morgan fingerprint density at radius 1 is 1.12 bits per heavy atom. The standard InChI is InChI=1S/C17H11Cl2NO3S/c18-10-2-3-11-14(6-10)24-16(15(11)19)17(21)20-7-9-1-4-12-13(5-9)23-8-22-12/h1-6H,7-8H2,(H,20,21). The van der Waals surface area contributed by atoms with Gasteiger partial charge in [0, 0.05) is 21.7 Å². The number of benzene rings is 2. The second kappa shape index (κ2) is 6.16. The third-order valence-corrected chi connectivity index (χ3v) is 5.58. The van der Waals surface area contributed by atoms with E-state index in [9.17, 15) is 4.79 Å². The number of fused-ring (bicyclic) bond motifs is 2. The first kappa shape index (κ1) is 15.6. The molecule has 0 spiro atoms. The molecule has 1 amide bonds. The van der Waals surface area contributed by atoms with Gasteiger partial charge in [0.25, 0.3) is 5.91 Å². The summed E-state index contributed by atoms with van der Waals surface area (Å²) in [5.41, 5.74) is 0.924. The summed E-state index contributed by atoms with van der Waals surface area (Å²) in [7, 11) is 0. The fourth-order valence-electron chi connectivity index (χ4n) is 2.50. The van der Waals surface area contributed by atoms with E-state index in [4.69, 9.17) is 32.7 Å². The number of carbonyl (C=O) groups excluding carboxylic acids is 1. The molecular formula is C17H11Cl2NO3S. The van der Waals surface area contributed by atoms with E-state index in [1.807, 2.05) is 30.3 Å². The first-order valence-corrected chi connectivity index (χ1v) is 8.73. The molecule has 0 fully saturated rings. The van der Waals surface area contributed by atoms with Gasteiger partial charge in [0.2, 0.25) is 6.79 Å². The van der Waals surface area contributed by atoms with Crippen LogP contribution in [0.1, 0.15) is 15.2 Å². The van der Waals surface area contributed by atoms with E-state index in [0.29, 0.717) is 27.2 Å². The van der Waals surface area contributed by atoms with Crippen molar-refractivity contribution in [3.63, 3.8) is 0 Å². The maximum absolute atomic E-state index is 12.5. The average molecular weight is 380 g/mol. The van der Waals surface area contributed by atoms with Crippen LogP contribution in [0.5, 0.6) is 11.5 Å². The Labute approximate surface area is 151 Å². The summed E-state index contributed by atoms with van der Waals surface area (Å²) in [6, 6.07) is 11.0. The zero-order chi connectivity index (χ0) is 16.7. The molecule has 3 aromatic rings. The molecule has 0 saturated heterocycles. The molecular weight excluding hydrogens is 369 g/mol. The van der Waals surface area contributed by atoms with Gasteiger partial charge in [-0.05, 0) is 29.8 Å². The van der Waals surface area contributed by atoms with E-state index in [2.05, 4.69) is 5.32 Å². The average Bonchev–Trinajstić information content (AvgIpc) is 3.16. The lowest BCUT2D eigenvalue weighted by molar-refractivity contribution is 0.0955. The van der Waals surface area contributed by atoms with Crippen molar-refractivity contribution in [2.45, 2.75) is 6.54 Å². The van der Waals surface area contributed by atoms with Gasteiger partial charge in [0.1, 0.15) is 4.88 Å². The summed E-state index contributed by atoms with van der Waals surface area (Å²) in [6.07, 6.45) is 0. The van der Waals surface area contributed by atoms with Crippen molar-refractivity contribution in [1.29, 1.82) is 0 Å². The number of amides is 1. The Morgan fingerprint density at radius 2 is 1.96 bits per heavy atom. The third kappa shape index (κ3) is 2.79. The minimum absolute atomic E-state index is 0.213. The highest BCUT2D eigenvalue weighted by molar-refractivity contribution is 7.21. The van der Waals surface area contributed by atoms with Crippen molar-refractivity contribution in [1.82, 2.24) is 5.32 Å². The number of halogens is 2. The normalized spacial score (nSPS) is 12.6. The molecule has 122 valence electrons. The van der Waals surface area contributed by atoms with Crippen LogP contribution in [-0.2, 0) is 6.54 Å². The molecule has 1 N–H and O–H groups in total. The van der Waals surface area contributed by atoms with Crippen LogP contribution < -0.4 is 14.8 Å². The maximum atomic E-state index is 12.5. The number of hydrogen-bond acceptors (Lipinski definition) is 4. The maximum Gasteiger partial charge on any atom is 0.263 e. The molecule has 7 heteroatoms. The highest BCUT2D eigenvalue weighted by Gasteiger charge is 2.18. The van der Waals surface area contributed by atoms with E-state index in [0.717, 1.165) is 21.4 Å². The molecule has 4 rings (SSSR count). The molecule has 0 aliphatic carbocycles. The smallest absolute Gasteiger partial charge is 0.263 e. The Balaban J connectivity index is 1.53. The van der Waals surface area contributed by atoms with Crippen LogP contribution in [0.3, 0.4) is 0 Å². The van der Waals surface area contributed by atoms with Crippen LogP contribution in [-0.4, -0.2) is 12.7 Å². The second-order valence-electron chi connectivity index (χ2n) is 5.26. The Hall–Kier alpha value is -1.95. The van der Waals surface area contributed by atoms with Gasteiger partial charge in [-0.1, -0.05) is 35.3 Å². The number of ether oxygens (including phenoxy) is 2. The predicted molar refractivity (Wildman–Crippen MR) is 95.6 cm³/mol. The lowest BCUT2D eigenvalue weighted by Crippen LogP contribution is -2.22. The van der Waals surface area contributed by atoms with Crippen molar-refractivity contribution < 1.29 is 14.3 Å². The number of carbonyl (C=O) groups is 1. The lowest BCUT2D eigenvalue weighted by Gasteiger charge is -2.05. The van der Waals surface area contributed by atoms with Crippen molar-refractivity contribution in [2.24, 2.45) is 0 Å². The van der Waals surface area contributed by atoms with E-state index >= 15 is 0 Å². The lowest BCUT2D eigenvalue weighted by atomic mass is 10.2. The largest absolute Gasteiger partial charge is 0.454 e. The van der Waals surface area contributed by atoms with E-state index < -0.39 is 0 Å². The summed E-state index contributed by atoms with van der Waals surface area (Å²) < 4.78 is 11.5. The van der Waals surface area contributed by atoms with Crippen LogP contribution in [0.2, 0.25) is 10.0 Å². The Kier molecular flexibility index (Phi) is 4.00. The molecule has 0 unspecified atom stereocenters. The third-order valence-electron chi connectivity index (χ3n) is 3.69. The summed E-state index contributed by atoms with van der Waals surface area (Å²) in [5.74, 6) is 1.20. The Morgan fingerprint density at radius 3 is 2.83 bits per heavy atom. The van der Waals surface area contributed by atoms with Crippen molar-refractivity contribution >= 4 is 50.5 Å². The van der Waals surface area contributed by atoms with Gasteiger partial charge in [-0.15, -0.1) is 11.3 Å². The van der Waals surface area contributed by atoms with Crippen LogP contribution in [0.4, 0.5) is 0 Å². The van der Waals surface area contributed by atoms with Crippen molar-refractivity contribution in [3.8, 4) is 11.5 Å². The van der Waals surface area contributed by atoms with Gasteiger partial charge in [0.15, 0.2) is 11.5 Å². The number of rotatable bonds is 3. The molecule has 1 aromatic heterocycles. The second-order valence-corrected chi connectivity index (χ2v) is 7.12. The van der Waals surface area contributed by atoms with Crippen LogP contribution in [0.25, 0.3) is 10.1 Å². The molecule has 2 heterocycles. The molecule has 0 radical (unpaired) electrons. The summed E-state index contributed by atoms with van der Waals surface area (Å²) in [5, 5.41) is 4.79. The first-order chi connectivity index (χ1) is 11.6. The van der Waals surface area contributed by atoms with Gasteiger partial charge in [0.05, 0.1) is 5.02 Å². The van der Waals surface area contributed by atoms with Crippen molar-refractivity contribution in [3.05, 3.63) is 56.9 Å². The molecule has 24 heavy (non-hydrogen) atoms. The van der Waals surface area contributed by atoms with E-state index in [1.165, 1.54) is 11.3 Å². The summed E-state index contributed by atoms with van der Waals surface area (Å²) in [4.78, 5) is 12.9. The van der Waals surface area contributed by atoms with Crippen LogP contribution in [0, 0.1) is 0 Å². The molecule has 0 atom stereocenters. The molecule has 0 saturated carbocycles. The van der Waals surface area contributed by atoms with Crippen LogP contribution >= 0.6 is 34.5 Å². The number of thiophene rings is 1. The SMILES string of the molecule is O=C(NCc1ccc2c(c1)OCO2)c1sc2cc(Cl)ccc2c1Cl. The first-order valence-electron chi connectivity index (χ1n) is 7.16. The highest BCUT2D eigenvalue weighted by Crippen LogP contribution is 2.37. The predicted octanol–water partition coefficient (Wildman–Crippen LogP) is 4.87. The minimum atomic E-state index is -0.213. The summed E-state index contributed by atoms with van der Waals surface area (Å²) >= 11 is 13.6. The minimum Gasteiger partial charge on any atom is -0.454 e. The van der Waals surface area contributed by atoms with Gasteiger partial charge in [-0.3, -0.25) is 4.79 Å². The fraction of sp³-hybridized carbons (Fsp3) is 0.118. The van der Waals surface area contributed by atoms with E-state index in [1.54, 1.807) is 6.07 Å². The topological polar surface area (TPSA) is 47.6 Å². The molecule has 4 nitrogen and oxygen atoms in total. The zero-order valence-electron chi connectivity index (χ0n) is 12.3. The highest BCUT2D eigenvalue weighted by atomic mass is 35.5. The number of nitrogens with one attached hydrogen (secondary N) is 1. The summed E-state index contributed by atoms with van der Waals surface area (Å²) in [6.45, 7) is 0.603. The van der Waals surface area contributed by atoms with Gasteiger partial charge < -0.3 is 14.8 Å². The molecule has 1 aliphatic rings. The van der Waals surface area contributed by atoms with E-state index in [-0.39, 0.29) is 12.7 Å². The van der Waals surface area contributed by atoms with Crippen molar-refractivity contribution in [2.75, 3.05) is 6.79 Å².